The van der Waals surface area contributed by atoms with Crippen molar-refractivity contribution in [2.24, 2.45) is 0 Å². The molecule has 4 heteroatoms. The number of halogens is 1. The summed E-state index contributed by atoms with van der Waals surface area (Å²) in [5.74, 6) is 2.64. The van der Waals surface area contributed by atoms with Crippen molar-refractivity contribution in [2.45, 2.75) is 6.92 Å². The number of nitrogens with zero attached hydrogens (tertiary/aromatic N) is 2. The minimum Gasteiger partial charge on any atom is -0.383 e. The zero-order chi connectivity index (χ0) is 8.43. The van der Waals surface area contributed by atoms with E-state index in [9.17, 15) is 0 Å². The Hall–Kier alpha value is -1.27. The van der Waals surface area contributed by atoms with Crippen LogP contribution in [0.5, 0.6) is 0 Å². The van der Waals surface area contributed by atoms with Gasteiger partial charge in [-0.25, -0.2) is 4.98 Å². The zero-order valence-corrected chi connectivity index (χ0v) is 6.68. The van der Waals surface area contributed by atoms with Crippen molar-refractivity contribution >= 4 is 17.4 Å². The molecule has 3 nitrogen and oxygen atoms in total. The third-order valence-electron chi connectivity index (χ3n) is 1.23. The molecule has 0 spiro atoms. The van der Waals surface area contributed by atoms with Gasteiger partial charge in [-0.05, 0) is 18.5 Å². The smallest absolute Gasteiger partial charge is 0.224 e. The van der Waals surface area contributed by atoms with Crippen molar-refractivity contribution in [1.29, 1.82) is 0 Å². The summed E-state index contributed by atoms with van der Waals surface area (Å²) in [4.78, 5) is 7.53. The lowest BCUT2D eigenvalue weighted by atomic mass is 10.2. The molecular weight excluding hydrogens is 162 g/mol. The third-order valence-corrected chi connectivity index (χ3v) is 1.40. The van der Waals surface area contributed by atoms with E-state index in [4.69, 9.17) is 23.8 Å². The molecule has 1 aromatic rings. The number of aromatic nitrogens is 2. The molecule has 0 aliphatic heterocycles. The molecular formula is C7H6ClN3. The number of nitrogen functional groups attached to an aromatic ring is 1. The molecule has 1 rings (SSSR count). The Morgan fingerprint density at radius 1 is 1.55 bits per heavy atom. The van der Waals surface area contributed by atoms with Crippen molar-refractivity contribution in [3.63, 3.8) is 0 Å². The van der Waals surface area contributed by atoms with Crippen molar-refractivity contribution < 1.29 is 0 Å². The number of aryl methyl sites for hydroxylation is 1. The average molecular weight is 168 g/mol. The third kappa shape index (κ3) is 1.41. The maximum atomic E-state index is 5.51. The molecule has 1 heterocycles. The van der Waals surface area contributed by atoms with Crippen LogP contribution in [0.3, 0.4) is 0 Å². The molecule has 11 heavy (non-hydrogen) atoms. The Morgan fingerprint density at radius 2 is 2.18 bits per heavy atom. The van der Waals surface area contributed by atoms with Gasteiger partial charge in [-0.15, -0.1) is 6.42 Å². The predicted octanol–water partition coefficient (Wildman–Crippen LogP) is 1.00. The summed E-state index contributed by atoms with van der Waals surface area (Å²) in [5, 5.41) is 0.124. The summed E-state index contributed by atoms with van der Waals surface area (Å²) >= 11 is 5.51. The standard InChI is InChI=1S/C7H6ClN3/c1-3-5-4(2)10-7(8)11-6(5)9/h1H,2H3,(H2,9,10,11). The molecule has 0 atom stereocenters. The van der Waals surface area contributed by atoms with E-state index in [2.05, 4.69) is 15.9 Å². The van der Waals surface area contributed by atoms with E-state index >= 15 is 0 Å². The van der Waals surface area contributed by atoms with Crippen molar-refractivity contribution in [1.82, 2.24) is 9.97 Å². The van der Waals surface area contributed by atoms with E-state index in [0.29, 0.717) is 11.3 Å². The van der Waals surface area contributed by atoms with Gasteiger partial charge in [0.2, 0.25) is 5.28 Å². The van der Waals surface area contributed by atoms with Gasteiger partial charge in [0.05, 0.1) is 11.3 Å². The molecule has 56 valence electrons. The van der Waals surface area contributed by atoms with Crippen LogP contribution in [0.2, 0.25) is 5.28 Å². The van der Waals surface area contributed by atoms with Gasteiger partial charge in [-0.1, -0.05) is 5.92 Å². The van der Waals surface area contributed by atoms with Gasteiger partial charge in [-0.3, -0.25) is 0 Å². The Labute approximate surface area is 69.6 Å². The summed E-state index contributed by atoms with van der Waals surface area (Å²) in [6.07, 6.45) is 5.15. The Bertz CT molecular complexity index is 304. The number of hydrogen-bond acceptors (Lipinski definition) is 3. The summed E-state index contributed by atoms with van der Waals surface area (Å²) < 4.78 is 0. The highest BCUT2D eigenvalue weighted by atomic mass is 35.5. The van der Waals surface area contributed by atoms with Gasteiger partial charge < -0.3 is 5.73 Å². The molecule has 0 aliphatic rings. The summed E-state index contributed by atoms with van der Waals surface area (Å²) in [7, 11) is 0. The van der Waals surface area contributed by atoms with Crippen molar-refractivity contribution in [3.05, 3.63) is 16.5 Å². The minimum absolute atomic E-state index is 0.124. The van der Waals surface area contributed by atoms with Crippen LogP contribution in [-0.2, 0) is 0 Å². The van der Waals surface area contributed by atoms with Crippen LogP contribution in [0, 0.1) is 19.3 Å². The van der Waals surface area contributed by atoms with E-state index in [-0.39, 0.29) is 11.1 Å². The molecule has 0 unspecified atom stereocenters. The van der Waals surface area contributed by atoms with Gasteiger partial charge in [0.25, 0.3) is 0 Å². The molecule has 1 aromatic heterocycles. The van der Waals surface area contributed by atoms with E-state index in [0.717, 1.165) is 0 Å². The highest BCUT2D eigenvalue weighted by Crippen LogP contribution is 2.13. The van der Waals surface area contributed by atoms with Gasteiger partial charge >= 0.3 is 0 Å². The Balaban J connectivity index is 3.40. The number of rotatable bonds is 0. The summed E-state index contributed by atoms with van der Waals surface area (Å²) in [6, 6.07) is 0. The molecule has 0 amide bonds. The second-order valence-electron chi connectivity index (χ2n) is 1.98. The van der Waals surface area contributed by atoms with Crippen molar-refractivity contribution in [3.8, 4) is 12.3 Å². The summed E-state index contributed by atoms with van der Waals surface area (Å²) in [5.41, 5.74) is 6.59. The molecule has 0 fully saturated rings. The van der Waals surface area contributed by atoms with Crippen LogP contribution in [0.25, 0.3) is 0 Å². The molecule has 0 aliphatic carbocycles. The first kappa shape index (κ1) is 7.83. The molecule has 0 bridgehead atoms. The molecule has 0 saturated carbocycles. The van der Waals surface area contributed by atoms with Crippen LogP contribution < -0.4 is 5.73 Å². The SMILES string of the molecule is C#Cc1c(C)nc(Cl)nc1N. The van der Waals surface area contributed by atoms with Crippen molar-refractivity contribution in [2.75, 3.05) is 5.73 Å². The van der Waals surface area contributed by atoms with E-state index in [1.807, 2.05) is 0 Å². The van der Waals surface area contributed by atoms with Gasteiger partial charge in [0.15, 0.2) is 0 Å². The number of nitrogens with two attached hydrogens (primary N) is 1. The number of terminal acetylenes is 1. The monoisotopic (exact) mass is 167 g/mol. The minimum atomic E-state index is 0.124. The molecule has 0 aromatic carbocycles. The number of anilines is 1. The average Bonchev–Trinajstić information content (AvgIpc) is 1.85. The fourth-order valence-corrected chi connectivity index (χ4v) is 0.956. The van der Waals surface area contributed by atoms with E-state index in [1.165, 1.54) is 0 Å². The first-order valence-corrected chi connectivity index (χ1v) is 3.29. The quantitative estimate of drug-likeness (QED) is 0.463. The highest BCUT2D eigenvalue weighted by molar-refractivity contribution is 6.28. The fourth-order valence-electron chi connectivity index (χ4n) is 0.738. The van der Waals surface area contributed by atoms with Crippen LogP contribution in [-0.4, -0.2) is 9.97 Å². The normalized spacial score (nSPS) is 9.18. The van der Waals surface area contributed by atoms with Gasteiger partial charge in [0, 0.05) is 0 Å². The van der Waals surface area contributed by atoms with Gasteiger partial charge in [0.1, 0.15) is 5.82 Å². The number of hydrogen-bond donors (Lipinski definition) is 1. The second-order valence-corrected chi connectivity index (χ2v) is 2.32. The Kier molecular flexibility index (Phi) is 1.97. The van der Waals surface area contributed by atoms with Crippen LogP contribution in [0.1, 0.15) is 11.3 Å². The summed E-state index contributed by atoms with van der Waals surface area (Å²) in [6.45, 7) is 1.74. The van der Waals surface area contributed by atoms with Gasteiger partial charge in [-0.2, -0.15) is 4.98 Å². The van der Waals surface area contributed by atoms with Crippen LogP contribution >= 0.6 is 11.6 Å². The zero-order valence-electron chi connectivity index (χ0n) is 5.93. The second kappa shape index (κ2) is 2.77. The topological polar surface area (TPSA) is 51.8 Å². The lowest BCUT2D eigenvalue weighted by Gasteiger charge is -2.00. The van der Waals surface area contributed by atoms with Crippen LogP contribution in [0.4, 0.5) is 5.82 Å². The fraction of sp³-hybridized carbons (Fsp3) is 0.143. The predicted molar refractivity (Wildman–Crippen MR) is 44.1 cm³/mol. The molecule has 2 N–H and O–H groups in total. The largest absolute Gasteiger partial charge is 0.383 e. The Morgan fingerprint density at radius 3 is 2.64 bits per heavy atom. The lowest BCUT2D eigenvalue weighted by Crippen LogP contribution is -2.00. The van der Waals surface area contributed by atoms with E-state index < -0.39 is 0 Å². The molecule has 0 radical (unpaired) electrons. The maximum Gasteiger partial charge on any atom is 0.224 e. The molecule has 0 saturated heterocycles. The van der Waals surface area contributed by atoms with Crippen LogP contribution in [0.15, 0.2) is 0 Å². The maximum absolute atomic E-state index is 5.51. The first-order chi connectivity index (χ1) is 5.15. The highest BCUT2D eigenvalue weighted by Gasteiger charge is 2.04. The lowest BCUT2D eigenvalue weighted by molar-refractivity contribution is 1.10. The first-order valence-electron chi connectivity index (χ1n) is 2.91. The van der Waals surface area contributed by atoms with E-state index in [1.54, 1.807) is 6.92 Å².